The highest BCUT2D eigenvalue weighted by atomic mass is 32.1. The maximum Gasteiger partial charge on any atom is 0.224 e. The maximum atomic E-state index is 11.8. The Morgan fingerprint density at radius 3 is 3.19 bits per heavy atom. The van der Waals surface area contributed by atoms with E-state index < -0.39 is 0 Å². The third-order valence-electron chi connectivity index (χ3n) is 2.98. The molecule has 0 radical (unpaired) electrons. The molecule has 1 aromatic rings. The van der Waals surface area contributed by atoms with E-state index in [9.17, 15) is 4.79 Å². The normalized spacial score (nSPS) is 24.6. The van der Waals surface area contributed by atoms with Gasteiger partial charge in [-0.05, 0) is 12.5 Å². The Morgan fingerprint density at radius 2 is 2.56 bits per heavy atom. The van der Waals surface area contributed by atoms with Gasteiger partial charge in [-0.3, -0.25) is 4.79 Å². The van der Waals surface area contributed by atoms with Crippen LogP contribution in [0.3, 0.4) is 0 Å². The molecular weight excluding hydrogens is 222 g/mol. The number of rotatable bonds is 4. The molecule has 0 bridgehead atoms. The minimum absolute atomic E-state index is 0.135. The van der Waals surface area contributed by atoms with Gasteiger partial charge in [-0.25, -0.2) is 4.98 Å². The van der Waals surface area contributed by atoms with Crippen LogP contribution < -0.4 is 10.6 Å². The molecule has 2 heterocycles. The molecule has 2 rings (SSSR count). The molecule has 1 aromatic heterocycles. The predicted octanol–water partition coefficient (Wildman–Crippen LogP) is 0.657. The summed E-state index contributed by atoms with van der Waals surface area (Å²) in [5.74, 6) is 0.755. The van der Waals surface area contributed by atoms with Crippen LogP contribution >= 0.6 is 11.3 Å². The SMILES string of the molecule is C[C@@H]1CNC[C@H]1C(=O)NCCc1nccs1. The summed E-state index contributed by atoms with van der Waals surface area (Å²) in [4.78, 5) is 16.0. The minimum atomic E-state index is 0.135. The lowest BCUT2D eigenvalue weighted by molar-refractivity contribution is -0.125. The topological polar surface area (TPSA) is 54.0 Å². The molecule has 1 saturated heterocycles. The van der Waals surface area contributed by atoms with Crippen molar-refractivity contribution in [1.29, 1.82) is 0 Å². The van der Waals surface area contributed by atoms with Crippen LogP contribution in [0.2, 0.25) is 0 Å². The zero-order chi connectivity index (χ0) is 11.4. The Bertz CT molecular complexity index is 339. The summed E-state index contributed by atoms with van der Waals surface area (Å²) in [6.07, 6.45) is 2.63. The summed E-state index contributed by atoms with van der Waals surface area (Å²) in [6, 6.07) is 0. The van der Waals surface area contributed by atoms with E-state index in [4.69, 9.17) is 0 Å². The smallest absolute Gasteiger partial charge is 0.224 e. The van der Waals surface area contributed by atoms with Gasteiger partial charge in [0.25, 0.3) is 0 Å². The second kappa shape index (κ2) is 5.41. The lowest BCUT2D eigenvalue weighted by atomic mass is 9.97. The molecule has 1 aliphatic heterocycles. The quantitative estimate of drug-likeness (QED) is 0.811. The Kier molecular flexibility index (Phi) is 3.90. The van der Waals surface area contributed by atoms with Crippen molar-refractivity contribution in [3.63, 3.8) is 0 Å². The van der Waals surface area contributed by atoms with Gasteiger partial charge in [0.2, 0.25) is 5.91 Å². The summed E-state index contributed by atoms with van der Waals surface area (Å²) in [5, 5.41) is 9.26. The largest absolute Gasteiger partial charge is 0.355 e. The molecule has 0 aromatic carbocycles. The number of carbonyl (C=O) groups is 1. The molecule has 1 aliphatic rings. The van der Waals surface area contributed by atoms with Gasteiger partial charge in [0, 0.05) is 31.1 Å². The van der Waals surface area contributed by atoms with E-state index in [0.29, 0.717) is 12.5 Å². The molecule has 1 fully saturated rings. The molecule has 1 amide bonds. The zero-order valence-electron chi connectivity index (χ0n) is 9.40. The van der Waals surface area contributed by atoms with E-state index >= 15 is 0 Å². The van der Waals surface area contributed by atoms with Gasteiger partial charge in [-0.2, -0.15) is 0 Å². The number of hydrogen-bond acceptors (Lipinski definition) is 4. The Hall–Kier alpha value is -0.940. The van der Waals surface area contributed by atoms with Gasteiger partial charge in [-0.1, -0.05) is 6.92 Å². The van der Waals surface area contributed by atoms with Crippen LogP contribution in [0.15, 0.2) is 11.6 Å². The van der Waals surface area contributed by atoms with Crippen molar-refractivity contribution in [2.24, 2.45) is 11.8 Å². The van der Waals surface area contributed by atoms with E-state index in [2.05, 4.69) is 22.5 Å². The van der Waals surface area contributed by atoms with Crippen molar-refractivity contribution < 1.29 is 4.79 Å². The van der Waals surface area contributed by atoms with Crippen molar-refractivity contribution in [3.8, 4) is 0 Å². The first kappa shape index (κ1) is 11.5. The molecule has 88 valence electrons. The average Bonchev–Trinajstić information content (AvgIpc) is 2.88. The van der Waals surface area contributed by atoms with Crippen LogP contribution in [-0.4, -0.2) is 30.5 Å². The van der Waals surface area contributed by atoms with Crippen LogP contribution in [0.4, 0.5) is 0 Å². The molecule has 2 atom stereocenters. The summed E-state index contributed by atoms with van der Waals surface area (Å²) >= 11 is 1.63. The average molecular weight is 239 g/mol. The number of nitrogens with zero attached hydrogens (tertiary/aromatic N) is 1. The van der Waals surface area contributed by atoms with Gasteiger partial charge in [0.15, 0.2) is 0 Å². The molecule has 4 nitrogen and oxygen atoms in total. The molecule has 0 unspecified atom stereocenters. The Labute approximate surface area is 99.5 Å². The lowest BCUT2D eigenvalue weighted by Crippen LogP contribution is -2.35. The van der Waals surface area contributed by atoms with Crippen molar-refractivity contribution in [1.82, 2.24) is 15.6 Å². The third-order valence-corrected chi connectivity index (χ3v) is 3.82. The summed E-state index contributed by atoms with van der Waals surface area (Å²) in [5.41, 5.74) is 0. The molecule has 0 aliphatic carbocycles. The lowest BCUT2D eigenvalue weighted by Gasteiger charge is -2.13. The molecular formula is C11H17N3OS. The highest BCUT2D eigenvalue weighted by Gasteiger charge is 2.28. The first-order valence-electron chi connectivity index (χ1n) is 5.64. The second-order valence-electron chi connectivity index (χ2n) is 4.21. The van der Waals surface area contributed by atoms with Crippen LogP contribution in [0.1, 0.15) is 11.9 Å². The van der Waals surface area contributed by atoms with Crippen LogP contribution in [0.25, 0.3) is 0 Å². The Balaban J connectivity index is 1.71. The van der Waals surface area contributed by atoms with Gasteiger partial charge in [-0.15, -0.1) is 11.3 Å². The molecule has 5 heteroatoms. The van der Waals surface area contributed by atoms with Crippen molar-refractivity contribution in [2.45, 2.75) is 13.3 Å². The van der Waals surface area contributed by atoms with Crippen molar-refractivity contribution >= 4 is 17.2 Å². The summed E-state index contributed by atoms with van der Waals surface area (Å²) < 4.78 is 0. The van der Waals surface area contributed by atoms with E-state index in [0.717, 1.165) is 24.5 Å². The van der Waals surface area contributed by atoms with Crippen molar-refractivity contribution in [2.75, 3.05) is 19.6 Å². The number of nitrogens with one attached hydrogen (secondary N) is 2. The van der Waals surface area contributed by atoms with Gasteiger partial charge in [0.1, 0.15) is 0 Å². The first-order chi connectivity index (χ1) is 7.77. The number of aromatic nitrogens is 1. The zero-order valence-corrected chi connectivity index (χ0v) is 10.2. The molecule has 0 saturated carbocycles. The number of carbonyl (C=O) groups excluding carboxylic acids is 1. The van der Waals surface area contributed by atoms with Gasteiger partial charge >= 0.3 is 0 Å². The first-order valence-corrected chi connectivity index (χ1v) is 6.52. The summed E-state index contributed by atoms with van der Waals surface area (Å²) in [6.45, 7) is 4.56. The predicted molar refractivity (Wildman–Crippen MR) is 64.4 cm³/mol. The number of hydrogen-bond donors (Lipinski definition) is 2. The van der Waals surface area contributed by atoms with E-state index in [1.54, 1.807) is 17.5 Å². The third kappa shape index (κ3) is 2.80. The standard InChI is InChI=1S/C11H17N3OS/c1-8-6-12-7-9(8)11(15)14-3-2-10-13-4-5-16-10/h4-5,8-9,12H,2-3,6-7H2,1H3,(H,14,15)/t8-,9-/m1/s1. The Morgan fingerprint density at radius 1 is 1.69 bits per heavy atom. The maximum absolute atomic E-state index is 11.8. The minimum Gasteiger partial charge on any atom is -0.355 e. The van der Waals surface area contributed by atoms with Crippen LogP contribution in [0.5, 0.6) is 0 Å². The van der Waals surface area contributed by atoms with Gasteiger partial charge in [0.05, 0.1) is 10.9 Å². The summed E-state index contributed by atoms with van der Waals surface area (Å²) in [7, 11) is 0. The monoisotopic (exact) mass is 239 g/mol. The number of amides is 1. The molecule has 0 spiro atoms. The fraction of sp³-hybridized carbons (Fsp3) is 0.636. The van der Waals surface area contributed by atoms with Crippen LogP contribution in [-0.2, 0) is 11.2 Å². The second-order valence-corrected chi connectivity index (χ2v) is 5.19. The fourth-order valence-electron chi connectivity index (χ4n) is 1.96. The molecule has 2 N–H and O–H groups in total. The van der Waals surface area contributed by atoms with E-state index in [1.165, 1.54) is 0 Å². The molecule has 16 heavy (non-hydrogen) atoms. The van der Waals surface area contributed by atoms with Gasteiger partial charge < -0.3 is 10.6 Å². The highest BCUT2D eigenvalue weighted by molar-refractivity contribution is 7.09. The highest BCUT2D eigenvalue weighted by Crippen LogP contribution is 2.15. The van der Waals surface area contributed by atoms with Crippen LogP contribution in [0, 0.1) is 11.8 Å². The number of thiazole rings is 1. The fourth-order valence-corrected chi connectivity index (χ4v) is 2.58. The van der Waals surface area contributed by atoms with E-state index in [1.807, 2.05) is 5.38 Å². The van der Waals surface area contributed by atoms with E-state index in [-0.39, 0.29) is 11.8 Å². The van der Waals surface area contributed by atoms with Crippen molar-refractivity contribution in [3.05, 3.63) is 16.6 Å².